The van der Waals surface area contributed by atoms with Crippen LogP contribution >= 0.6 is 48.9 Å². The Morgan fingerprint density at radius 1 is 0.500 bits per heavy atom. The van der Waals surface area contributed by atoms with Crippen molar-refractivity contribution in [1.82, 2.24) is 0 Å². The van der Waals surface area contributed by atoms with E-state index in [2.05, 4.69) is 157 Å². The Bertz CT molecular complexity index is 2000. The van der Waals surface area contributed by atoms with Crippen LogP contribution in [0.25, 0.3) is 21.5 Å². The molecule has 0 aromatic heterocycles. The van der Waals surface area contributed by atoms with Gasteiger partial charge in [-0.25, -0.2) is 12.1 Å². The SMILES string of the molecule is CC(C)(C)c1cc2[cH-]c3cc(C(C)(C)C)c(C(C)(C)C)cc3c2cc1C(C)(C)C.[Cl][Zr]([Cl])=[C](c1cccc(Br)c1)c1cccc(Br)c1.c1cc[cH-]c1. The number of rotatable bonds is 2. The average molecular weight is 941 g/mol. The Labute approximate surface area is 345 Å². The fourth-order valence-corrected chi connectivity index (χ4v) is 11.8. The van der Waals surface area contributed by atoms with Crippen molar-refractivity contribution in [3.8, 4) is 0 Å². The number of fused-ring (bicyclic) bond motifs is 3. The van der Waals surface area contributed by atoms with Crippen molar-refractivity contribution in [1.29, 1.82) is 0 Å². The molecule has 0 N–H and O–H groups in total. The van der Waals surface area contributed by atoms with Gasteiger partial charge in [0.1, 0.15) is 0 Å². The minimum Gasteiger partial charge on any atom is -0.214 e. The van der Waals surface area contributed by atoms with Crippen LogP contribution in [0.3, 0.4) is 0 Å². The first-order valence-electron chi connectivity index (χ1n) is 18.0. The molecule has 0 saturated carbocycles. The molecule has 0 aliphatic carbocycles. The predicted molar refractivity (Wildman–Crippen MR) is 237 cm³/mol. The predicted octanol–water partition coefficient (Wildman–Crippen LogP) is 16.0. The summed E-state index contributed by atoms with van der Waals surface area (Å²) in [4.78, 5) is 0. The van der Waals surface area contributed by atoms with E-state index in [1.165, 1.54) is 43.8 Å². The van der Waals surface area contributed by atoms with Gasteiger partial charge in [-0.1, -0.05) is 117 Å². The summed E-state index contributed by atoms with van der Waals surface area (Å²) in [7, 11) is 12.6. The van der Waals surface area contributed by atoms with Crippen LogP contribution in [0.15, 0.2) is 118 Å². The summed E-state index contributed by atoms with van der Waals surface area (Å²) in [5, 5.41) is 5.57. The van der Waals surface area contributed by atoms with E-state index < -0.39 is 18.9 Å². The first-order valence-corrected chi connectivity index (χ1v) is 27.1. The Kier molecular flexibility index (Phi) is 14.1. The molecule has 6 aromatic carbocycles. The second-order valence-corrected chi connectivity index (χ2v) is 27.7. The van der Waals surface area contributed by atoms with Crippen molar-refractivity contribution in [2.45, 2.75) is 105 Å². The van der Waals surface area contributed by atoms with Crippen molar-refractivity contribution < 1.29 is 18.9 Å². The summed E-state index contributed by atoms with van der Waals surface area (Å²) in [6.07, 6.45) is 0. The Morgan fingerprint density at radius 3 is 1.12 bits per heavy atom. The topological polar surface area (TPSA) is 0 Å². The fraction of sp³-hybridized carbons (Fsp3) is 0.340. The zero-order valence-electron chi connectivity index (χ0n) is 32.9. The average Bonchev–Trinajstić information content (AvgIpc) is 3.70. The smallest absolute Gasteiger partial charge is 0.172 e. The van der Waals surface area contributed by atoms with Gasteiger partial charge in [0.2, 0.25) is 0 Å². The Morgan fingerprint density at radius 2 is 0.846 bits per heavy atom. The molecule has 0 nitrogen and oxygen atoms in total. The Balaban J connectivity index is 0.000000221. The van der Waals surface area contributed by atoms with Crippen LogP contribution in [0.5, 0.6) is 0 Å². The molecule has 0 fully saturated rings. The van der Waals surface area contributed by atoms with Crippen molar-refractivity contribution in [2.24, 2.45) is 0 Å². The second kappa shape index (κ2) is 17.0. The molecule has 5 heteroatoms. The first-order chi connectivity index (χ1) is 24.0. The molecule has 0 aliphatic heterocycles. The quantitative estimate of drug-likeness (QED) is 0.152. The first kappa shape index (κ1) is 43.1. The summed E-state index contributed by atoms with van der Waals surface area (Å²) in [6, 6.07) is 38.5. The fourth-order valence-electron chi connectivity index (χ4n) is 6.58. The minimum absolute atomic E-state index is 0.124. The van der Waals surface area contributed by atoms with Crippen LogP contribution in [-0.2, 0) is 40.5 Å². The van der Waals surface area contributed by atoms with Gasteiger partial charge in [0, 0.05) is 0 Å². The van der Waals surface area contributed by atoms with E-state index in [1.54, 1.807) is 0 Å². The third kappa shape index (κ3) is 11.0. The van der Waals surface area contributed by atoms with Crippen molar-refractivity contribution in [3.05, 3.63) is 152 Å². The molecule has 6 rings (SSSR count). The molecular weight excluding hydrogens is 886 g/mol. The summed E-state index contributed by atoms with van der Waals surface area (Å²) in [5.41, 5.74) is 8.60. The zero-order chi connectivity index (χ0) is 38.8. The van der Waals surface area contributed by atoms with Crippen LogP contribution < -0.4 is 0 Å². The van der Waals surface area contributed by atoms with E-state index in [4.69, 9.17) is 17.0 Å². The van der Waals surface area contributed by atoms with Crippen LogP contribution in [0.1, 0.15) is 116 Å². The molecule has 6 aromatic rings. The maximum Gasteiger partial charge on any atom is -0.172 e. The van der Waals surface area contributed by atoms with Crippen LogP contribution in [0.2, 0.25) is 0 Å². The number of hydrogen-bond acceptors (Lipinski definition) is 0. The molecule has 0 atom stereocenters. The van der Waals surface area contributed by atoms with E-state index in [0.29, 0.717) is 0 Å². The third-order valence-electron chi connectivity index (χ3n) is 9.18. The molecule has 0 amide bonds. The molecule has 52 heavy (non-hydrogen) atoms. The summed E-state index contributed by atoms with van der Waals surface area (Å²) in [6.45, 7) is 28.0. The van der Waals surface area contributed by atoms with Crippen LogP contribution in [0.4, 0.5) is 0 Å². The van der Waals surface area contributed by atoms with Gasteiger partial charge in [0.15, 0.2) is 0 Å². The van der Waals surface area contributed by atoms with Gasteiger partial charge < -0.3 is 0 Å². The molecule has 0 unspecified atom stereocenters. The summed E-state index contributed by atoms with van der Waals surface area (Å²) in [5.74, 6) is 0. The van der Waals surface area contributed by atoms with E-state index in [9.17, 15) is 0 Å². The third-order valence-corrected chi connectivity index (χ3v) is 14.8. The van der Waals surface area contributed by atoms with Gasteiger partial charge in [-0.3, -0.25) is 0 Å². The number of hydrogen-bond donors (Lipinski definition) is 0. The largest absolute Gasteiger partial charge is 0.214 e. The second-order valence-electron chi connectivity index (χ2n) is 17.7. The minimum atomic E-state index is -2.54. The van der Waals surface area contributed by atoms with Gasteiger partial charge in [0.05, 0.1) is 0 Å². The molecular formula is C47H54Br2Cl2Zr-2. The standard InChI is InChI=1S/C29H41.C13H8Br2.C5H5.2ClH.Zr/c1-26(2,3)22-14-18-13-19-15-23(27(4,5)6)25(29(10,11)12)17-21(19)20(18)16-24(22)28(7,8)9;14-12-5-1-3-10(8-12)7-11-4-2-6-13(15)9-11;1-2-4-5-3-1;;;/h13-17H,1-12H3;1-6,8-9H;1-5H;2*1H;/q-1;;-1;;;+2/p-2. The maximum atomic E-state index is 6.31. The van der Waals surface area contributed by atoms with Crippen LogP contribution in [-0.4, -0.2) is 3.21 Å². The molecule has 0 spiro atoms. The van der Waals surface area contributed by atoms with E-state index in [-0.39, 0.29) is 21.7 Å². The molecule has 0 aliphatic rings. The monoisotopic (exact) mass is 936 g/mol. The molecule has 0 saturated heterocycles. The molecule has 0 bridgehead atoms. The normalized spacial score (nSPS) is 12.2. The van der Waals surface area contributed by atoms with E-state index >= 15 is 0 Å². The number of benzene rings is 4. The molecule has 276 valence electrons. The summed E-state index contributed by atoms with van der Waals surface area (Å²) < 4.78 is 3.17. The van der Waals surface area contributed by atoms with Crippen LogP contribution in [0, 0.1) is 0 Å². The summed E-state index contributed by atoms with van der Waals surface area (Å²) >= 11 is 4.42. The van der Waals surface area contributed by atoms with E-state index in [1.807, 2.05) is 66.7 Å². The molecule has 0 radical (unpaired) electrons. The Hall–Kier alpha value is -1.61. The van der Waals surface area contributed by atoms with Gasteiger partial charge in [-0.05, 0) is 21.7 Å². The zero-order valence-corrected chi connectivity index (χ0v) is 40.0. The van der Waals surface area contributed by atoms with Gasteiger partial charge in [-0.2, -0.15) is 18.2 Å². The van der Waals surface area contributed by atoms with Gasteiger partial charge >= 0.3 is 140 Å². The van der Waals surface area contributed by atoms with Crippen molar-refractivity contribution in [2.75, 3.05) is 0 Å². The maximum absolute atomic E-state index is 6.31. The number of halogens is 4. The van der Waals surface area contributed by atoms with Gasteiger partial charge in [0.25, 0.3) is 0 Å². The van der Waals surface area contributed by atoms with Gasteiger partial charge in [-0.15, -0.1) is 39.7 Å². The van der Waals surface area contributed by atoms with E-state index in [0.717, 1.165) is 23.3 Å². The molecule has 0 heterocycles. The van der Waals surface area contributed by atoms with Crippen molar-refractivity contribution in [3.63, 3.8) is 0 Å². The van der Waals surface area contributed by atoms with Crippen molar-refractivity contribution >= 4 is 73.6 Å².